The van der Waals surface area contributed by atoms with Crippen LogP contribution in [0.3, 0.4) is 0 Å². The van der Waals surface area contributed by atoms with Crippen molar-refractivity contribution in [1.29, 1.82) is 0 Å². The van der Waals surface area contributed by atoms with E-state index in [9.17, 15) is 9.59 Å². The minimum atomic E-state index is -0.869. The second kappa shape index (κ2) is 6.39. The molecule has 0 saturated heterocycles. The molecule has 18 heavy (non-hydrogen) atoms. The Hall–Kier alpha value is -1.56. The molecule has 0 spiro atoms. The van der Waals surface area contributed by atoms with Crippen molar-refractivity contribution in [3.8, 4) is 5.75 Å². The zero-order chi connectivity index (χ0) is 13.7. The van der Waals surface area contributed by atoms with Crippen molar-refractivity contribution in [3.63, 3.8) is 0 Å². The highest BCUT2D eigenvalue weighted by molar-refractivity contribution is 9.10. The summed E-state index contributed by atoms with van der Waals surface area (Å²) in [6.45, 7) is 1.82. The van der Waals surface area contributed by atoms with E-state index in [2.05, 4.69) is 20.7 Å². The summed E-state index contributed by atoms with van der Waals surface area (Å²) in [6.07, 6.45) is 0. The molecule has 1 rings (SSSR count). The van der Waals surface area contributed by atoms with Gasteiger partial charge in [0.05, 0.1) is 18.2 Å². The minimum Gasteiger partial charge on any atom is -0.496 e. The van der Waals surface area contributed by atoms with E-state index in [1.165, 1.54) is 11.9 Å². The molecule has 0 aromatic heterocycles. The Morgan fingerprint density at radius 3 is 2.56 bits per heavy atom. The number of rotatable bonds is 3. The first-order valence-corrected chi connectivity index (χ1v) is 6.08. The van der Waals surface area contributed by atoms with Gasteiger partial charge in [-0.2, -0.15) is 0 Å². The molecule has 0 bridgehead atoms. The highest BCUT2D eigenvalue weighted by Gasteiger charge is 2.21. The van der Waals surface area contributed by atoms with Crippen molar-refractivity contribution in [3.05, 3.63) is 22.7 Å². The molecule has 0 atom stereocenters. The maximum atomic E-state index is 11.7. The second-order valence-corrected chi connectivity index (χ2v) is 4.26. The van der Waals surface area contributed by atoms with Crippen LogP contribution in [0.15, 0.2) is 22.7 Å². The van der Waals surface area contributed by atoms with Crippen molar-refractivity contribution in [2.75, 3.05) is 25.7 Å². The van der Waals surface area contributed by atoms with Gasteiger partial charge in [-0.1, -0.05) is 0 Å². The third-order valence-corrected chi connectivity index (χ3v) is 2.90. The molecule has 0 radical (unpaired) electrons. The number of anilines is 1. The van der Waals surface area contributed by atoms with E-state index in [0.29, 0.717) is 15.9 Å². The first-order valence-electron chi connectivity index (χ1n) is 5.29. The van der Waals surface area contributed by atoms with Gasteiger partial charge in [0.2, 0.25) is 0 Å². The summed E-state index contributed by atoms with van der Waals surface area (Å²) < 4.78 is 10.4. The minimum absolute atomic E-state index is 0.171. The van der Waals surface area contributed by atoms with Crippen LogP contribution in [0.1, 0.15) is 6.92 Å². The molecule has 0 N–H and O–H groups in total. The quantitative estimate of drug-likeness (QED) is 0.632. The van der Waals surface area contributed by atoms with Crippen molar-refractivity contribution >= 4 is 33.5 Å². The van der Waals surface area contributed by atoms with Crippen LogP contribution in [0.2, 0.25) is 0 Å². The fourth-order valence-electron chi connectivity index (χ4n) is 1.31. The van der Waals surface area contributed by atoms with E-state index in [-0.39, 0.29) is 6.61 Å². The number of hydrogen-bond donors (Lipinski definition) is 0. The van der Waals surface area contributed by atoms with Gasteiger partial charge in [0.25, 0.3) is 0 Å². The molecule has 1 aromatic carbocycles. The average Bonchev–Trinajstić information content (AvgIpc) is 2.37. The lowest BCUT2D eigenvalue weighted by Crippen LogP contribution is -2.34. The molecule has 1 amide bonds. The van der Waals surface area contributed by atoms with Crippen LogP contribution in [0.5, 0.6) is 5.75 Å². The Bertz CT molecular complexity index is 461. The van der Waals surface area contributed by atoms with Crippen LogP contribution in [-0.4, -0.2) is 32.6 Å². The SMILES string of the molecule is CCOC(=O)C(=O)N(C)c1ccc(OC)c(Br)c1. The molecule has 0 fully saturated rings. The number of carbonyl (C=O) groups is 2. The smallest absolute Gasteiger partial charge is 0.397 e. The Kier molecular flexibility index (Phi) is 5.15. The summed E-state index contributed by atoms with van der Waals surface area (Å²) in [4.78, 5) is 24.2. The van der Waals surface area contributed by atoms with Crippen LogP contribution in [0.25, 0.3) is 0 Å². The van der Waals surface area contributed by atoms with Crippen molar-refractivity contribution < 1.29 is 19.1 Å². The topological polar surface area (TPSA) is 55.8 Å². The number of ether oxygens (including phenoxy) is 2. The number of amides is 1. The number of carbonyl (C=O) groups excluding carboxylic acids is 2. The maximum absolute atomic E-state index is 11.7. The fraction of sp³-hybridized carbons (Fsp3) is 0.333. The summed E-state index contributed by atoms with van der Waals surface area (Å²) in [5, 5.41) is 0. The molecule has 0 aliphatic rings. The van der Waals surface area contributed by atoms with Gasteiger partial charge in [0, 0.05) is 12.7 Å². The number of methoxy groups -OCH3 is 1. The first kappa shape index (κ1) is 14.5. The van der Waals surface area contributed by atoms with Crippen LogP contribution in [0.4, 0.5) is 5.69 Å². The molecule has 1 aromatic rings. The Morgan fingerprint density at radius 1 is 1.39 bits per heavy atom. The van der Waals surface area contributed by atoms with Gasteiger partial charge in [-0.15, -0.1) is 0 Å². The predicted molar refractivity (Wildman–Crippen MR) is 70.7 cm³/mol. The second-order valence-electron chi connectivity index (χ2n) is 3.40. The van der Waals surface area contributed by atoms with Gasteiger partial charge in [-0.05, 0) is 41.1 Å². The van der Waals surface area contributed by atoms with E-state index in [1.807, 2.05) is 0 Å². The van der Waals surface area contributed by atoms with Gasteiger partial charge in [-0.25, -0.2) is 4.79 Å². The molecule has 0 unspecified atom stereocenters. The Balaban J connectivity index is 2.90. The molecule has 0 aliphatic heterocycles. The molecular formula is C12H14BrNO4. The standard InChI is InChI=1S/C12H14BrNO4/c1-4-18-12(16)11(15)14(2)8-5-6-10(17-3)9(13)7-8/h5-7H,4H2,1-3H3. The zero-order valence-electron chi connectivity index (χ0n) is 10.4. The molecule has 0 saturated carbocycles. The summed E-state index contributed by atoms with van der Waals surface area (Å²) in [5.74, 6) is -0.934. The monoisotopic (exact) mass is 315 g/mol. The molecule has 6 heteroatoms. The van der Waals surface area contributed by atoms with Crippen LogP contribution >= 0.6 is 15.9 Å². The lowest BCUT2D eigenvalue weighted by Gasteiger charge is -2.17. The summed E-state index contributed by atoms with van der Waals surface area (Å²) in [5.41, 5.74) is 0.570. The van der Waals surface area contributed by atoms with Gasteiger partial charge in [0.1, 0.15) is 5.75 Å². The Morgan fingerprint density at radius 2 is 2.06 bits per heavy atom. The number of halogens is 1. The summed E-state index contributed by atoms with van der Waals surface area (Å²) >= 11 is 3.31. The third kappa shape index (κ3) is 3.22. The normalized spacial score (nSPS) is 9.78. The Labute approximate surface area is 114 Å². The van der Waals surface area contributed by atoms with E-state index >= 15 is 0 Å². The fourth-order valence-corrected chi connectivity index (χ4v) is 1.84. The van der Waals surface area contributed by atoms with Crippen LogP contribution in [-0.2, 0) is 14.3 Å². The maximum Gasteiger partial charge on any atom is 0.397 e. The van der Waals surface area contributed by atoms with Gasteiger partial charge in [-0.3, -0.25) is 4.79 Å². The highest BCUT2D eigenvalue weighted by atomic mass is 79.9. The van der Waals surface area contributed by atoms with Crippen molar-refractivity contribution in [2.45, 2.75) is 6.92 Å². The van der Waals surface area contributed by atoms with E-state index in [4.69, 9.17) is 4.74 Å². The number of likely N-dealkylation sites (N-methyl/N-ethyl adjacent to an activating group) is 1. The van der Waals surface area contributed by atoms with Crippen molar-refractivity contribution in [2.24, 2.45) is 0 Å². The van der Waals surface area contributed by atoms with E-state index in [1.54, 1.807) is 32.2 Å². The zero-order valence-corrected chi connectivity index (χ0v) is 12.0. The third-order valence-electron chi connectivity index (χ3n) is 2.28. The first-order chi connectivity index (χ1) is 8.51. The predicted octanol–water partition coefficient (Wildman–Crippen LogP) is 1.98. The molecular weight excluding hydrogens is 302 g/mol. The van der Waals surface area contributed by atoms with E-state index < -0.39 is 11.9 Å². The largest absolute Gasteiger partial charge is 0.496 e. The van der Waals surface area contributed by atoms with Crippen molar-refractivity contribution in [1.82, 2.24) is 0 Å². The lowest BCUT2D eigenvalue weighted by atomic mass is 10.3. The van der Waals surface area contributed by atoms with E-state index in [0.717, 1.165) is 0 Å². The van der Waals surface area contributed by atoms with Gasteiger partial charge in [0.15, 0.2) is 0 Å². The highest BCUT2D eigenvalue weighted by Crippen LogP contribution is 2.29. The molecule has 0 heterocycles. The average molecular weight is 316 g/mol. The van der Waals surface area contributed by atoms with Crippen LogP contribution < -0.4 is 9.64 Å². The lowest BCUT2D eigenvalue weighted by molar-refractivity contribution is -0.153. The number of hydrogen-bond acceptors (Lipinski definition) is 4. The summed E-state index contributed by atoms with van der Waals surface area (Å²) in [6, 6.07) is 5.07. The molecule has 5 nitrogen and oxygen atoms in total. The molecule has 98 valence electrons. The van der Waals surface area contributed by atoms with Crippen LogP contribution in [0, 0.1) is 0 Å². The van der Waals surface area contributed by atoms with Gasteiger partial charge < -0.3 is 14.4 Å². The number of esters is 1. The molecule has 0 aliphatic carbocycles. The number of nitrogens with zero attached hydrogens (tertiary/aromatic N) is 1. The van der Waals surface area contributed by atoms with Gasteiger partial charge >= 0.3 is 11.9 Å². The summed E-state index contributed by atoms with van der Waals surface area (Å²) in [7, 11) is 3.06. The number of benzene rings is 1.